The first-order chi connectivity index (χ1) is 12.8. The fourth-order valence-corrected chi connectivity index (χ4v) is 4.11. The molecule has 0 N–H and O–H groups in total. The molecule has 1 fully saturated rings. The lowest BCUT2D eigenvalue weighted by atomic mass is 10.1. The Hall–Kier alpha value is -2.37. The van der Waals surface area contributed by atoms with Gasteiger partial charge in [-0.25, -0.2) is 0 Å². The normalized spacial score (nSPS) is 19.9. The van der Waals surface area contributed by atoms with Crippen LogP contribution in [0.2, 0.25) is 0 Å². The number of ether oxygens (including phenoxy) is 1. The van der Waals surface area contributed by atoms with Crippen LogP contribution in [0.1, 0.15) is 55.4 Å². The number of aryl methyl sites for hydroxylation is 1. The number of hydrogen-bond acceptors (Lipinski definition) is 4. The molecule has 2 aliphatic rings. The van der Waals surface area contributed by atoms with Gasteiger partial charge in [0.25, 0.3) is 0 Å². The summed E-state index contributed by atoms with van der Waals surface area (Å²) in [6.07, 6.45) is 7.02. The molecule has 1 aromatic carbocycles. The highest BCUT2D eigenvalue weighted by atomic mass is 16.5. The summed E-state index contributed by atoms with van der Waals surface area (Å²) in [5.74, 6) is 3.06. The number of carbonyl (C=O) groups is 1. The van der Waals surface area contributed by atoms with Crippen LogP contribution in [0.15, 0.2) is 24.3 Å². The zero-order valence-corrected chi connectivity index (χ0v) is 15.4. The van der Waals surface area contributed by atoms with Crippen LogP contribution < -0.4 is 4.74 Å². The van der Waals surface area contributed by atoms with Crippen molar-refractivity contribution in [1.29, 1.82) is 0 Å². The third kappa shape index (κ3) is 3.32. The molecule has 4 rings (SSSR count). The minimum Gasteiger partial charge on any atom is -0.497 e. The predicted molar refractivity (Wildman–Crippen MR) is 98.0 cm³/mol. The van der Waals surface area contributed by atoms with Crippen LogP contribution in [0.4, 0.5) is 0 Å². The number of carbonyl (C=O) groups excluding carboxylic acids is 1. The lowest BCUT2D eigenvalue weighted by molar-refractivity contribution is -0.131. The Morgan fingerprint density at radius 1 is 1.12 bits per heavy atom. The van der Waals surface area contributed by atoms with Crippen molar-refractivity contribution >= 4 is 5.91 Å². The van der Waals surface area contributed by atoms with Gasteiger partial charge in [-0.2, -0.15) is 0 Å². The van der Waals surface area contributed by atoms with Crippen molar-refractivity contribution in [2.45, 2.75) is 57.5 Å². The SMILES string of the molecule is COc1ccc(CC(=O)N2CCCC2c2nnc3n2CCCCC3)cc1. The molecular formula is C20H26N4O2. The third-order valence-corrected chi connectivity index (χ3v) is 5.52. The van der Waals surface area contributed by atoms with Gasteiger partial charge in [0, 0.05) is 19.5 Å². The van der Waals surface area contributed by atoms with E-state index in [0.717, 1.165) is 55.3 Å². The van der Waals surface area contributed by atoms with Crippen LogP contribution in [0.25, 0.3) is 0 Å². The largest absolute Gasteiger partial charge is 0.497 e. The summed E-state index contributed by atoms with van der Waals surface area (Å²) >= 11 is 0. The van der Waals surface area contributed by atoms with Gasteiger partial charge >= 0.3 is 0 Å². The molecule has 1 aromatic heterocycles. The van der Waals surface area contributed by atoms with Crippen molar-refractivity contribution in [2.75, 3.05) is 13.7 Å². The number of aromatic nitrogens is 3. The van der Waals surface area contributed by atoms with E-state index in [1.807, 2.05) is 29.2 Å². The molecule has 0 radical (unpaired) electrons. The van der Waals surface area contributed by atoms with Gasteiger partial charge in [-0.3, -0.25) is 4.79 Å². The van der Waals surface area contributed by atoms with Crippen LogP contribution in [0.3, 0.4) is 0 Å². The second-order valence-corrected chi connectivity index (χ2v) is 7.21. The Labute approximate surface area is 154 Å². The molecule has 2 aromatic rings. The van der Waals surface area contributed by atoms with Gasteiger partial charge in [-0.15, -0.1) is 10.2 Å². The van der Waals surface area contributed by atoms with E-state index in [1.54, 1.807) is 7.11 Å². The molecule has 6 heteroatoms. The van der Waals surface area contributed by atoms with Gasteiger partial charge in [0.2, 0.25) is 5.91 Å². The Morgan fingerprint density at radius 2 is 1.96 bits per heavy atom. The van der Waals surface area contributed by atoms with Crippen molar-refractivity contribution in [1.82, 2.24) is 19.7 Å². The van der Waals surface area contributed by atoms with Gasteiger partial charge in [-0.1, -0.05) is 18.6 Å². The lowest BCUT2D eigenvalue weighted by Gasteiger charge is -2.25. The monoisotopic (exact) mass is 354 g/mol. The summed E-state index contributed by atoms with van der Waals surface area (Å²) in [5, 5.41) is 8.91. The van der Waals surface area contributed by atoms with Crippen LogP contribution in [-0.4, -0.2) is 39.2 Å². The number of amides is 1. The number of likely N-dealkylation sites (tertiary alicyclic amines) is 1. The summed E-state index contributed by atoms with van der Waals surface area (Å²) in [4.78, 5) is 15.0. The average molecular weight is 354 g/mol. The Bertz CT molecular complexity index is 769. The third-order valence-electron chi connectivity index (χ3n) is 5.52. The topological polar surface area (TPSA) is 60.2 Å². The average Bonchev–Trinajstić information content (AvgIpc) is 3.23. The van der Waals surface area contributed by atoms with E-state index in [4.69, 9.17) is 4.74 Å². The standard InChI is InChI=1S/C20H26N4O2/c1-26-16-10-8-15(9-11-16)14-19(25)23-13-5-6-17(23)20-22-21-18-7-3-2-4-12-24(18)20/h8-11,17H,2-7,12-14H2,1H3. The van der Waals surface area contributed by atoms with Gasteiger partial charge in [0.15, 0.2) is 5.82 Å². The van der Waals surface area contributed by atoms with E-state index in [0.29, 0.717) is 6.42 Å². The van der Waals surface area contributed by atoms with Gasteiger partial charge in [-0.05, 0) is 43.4 Å². The second kappa shape index (κ2) is 7.48. The van der Waals surface area contributed by atoms with E-state index in [-0.39, 0.29) is 11.9 Å². The van der Waals surface area contributed by atoms with Crippen molar-refractivity contribution in [3.63, 3.8) is 0 Å². The summed E-state index contributed by atoms with van der Waals surface area (Å²) in [6.45, 7) is 1.79. The fraction of sp³-hybridized carbons (Fsp3) is 0.550. The van der Waals surface area contributed by atoms with E-state index < -0.39 is 0 Å². The van der Waals surface area contributed by atoms with Crippen LogP contribution in [-0.2, 0) is 24.2 Å². The smallest absolute Gasteiger partial charge is 0.227 e. The highest BCUT2D eigenvalue weighted by Crippen LogP contribution is 2.32. The van der Waals surface area contributed by atoms with Crippen molar-refractivity contribution in [3.8, 4) is 5.75 Å². The van der Waals surface area contributed by atoms with Gasteiger partial charge in [0.05, 0.1) is 19.6 Å². The molecule has 0 saturated carbocycles. The summed E-state index contributed by atoms with van der Waals surface area (Å²) in [5.41, 5.74) is 1.02. The molecule has 0 bridgehead atoms. The molecule has 1 atom stereocenters. The Morgan fingerprint density at radius 3 is 2.77 bits per heavy atom. The maximum absolute atomic E-state index is 12.9. The number of nitrogens with zero attached hydrogens (tertiary/aromatic N) is 4. The predicted octanol–water partition coefficient (Wildman–Crippen LogP) is 2.92. The zero-order chi connectivity index (χ0) is 17.9. The summed E-state index contributed by atoms with van der Waals surface area (Å²) in [7, 11) is 1.65. The van der Waals surface area contributed by atoms with Crippen molar-refractivity contribution in [3.05, 3.63) is 41.5 Å². The van der Waals surface area contributed by atoms with Gasteiger partial charge < -0.3 is 14.2 Å². The molecule has 0 spiro atoms. The molecular weight excluding hydrogens is 328 g/mol. The molecule has 138 valence electrons. The van der Waals surface area contributed by atoms with Gasteiger partial charge in [0.1, 0.15) is 11.6 Å². The Balaban J connectivity index is 1.51. The molecule has 3 heterocycles. The van der Waals surface area contributed by atoms with Crippen LogP contribution in [0, 0.1) is 0 Å². The first-order valence-electron chi connectivity index (χ1n) is 9.60. The molecule has 26 heavy (non-hydrogen) atoms. The number of benzene rings is 1. The number of fused-ring (bicyclic) bond motifs is 1. The zero-order valence-electron chi connectivity index (χ0n) is 15.4. The molecule has 0 aliphatic carbocycles. The molecule has 1 unspecified atom stereocenters. The minimum absolute atomic E-state index is 0.0695. The molecule has 1 amide bonds. The van der Waals surface area contributed by atoms with E-state index >= 15 is 0 Å². The quantitative estimate of drug-likeness (QED) is 0.847. The maximum atomic E-state index is 12.9. The van der Waals surface area contributed by atoms with E-state index in [1.165, 1.54) is 19.3 Å². The molecule has 1 saturated heterocycles. The van der Waals surface area contributed by atoms with Crippen LogP contribution >= 0.6 is 0 Å². The second-order valence-electron chi connectivity index (χ2n) is 7.21. The van der Waals surface area contributed by atoms with E-state index in [9.17, 15) is 4.79 Å². The Kier molecular flexibility index (Phi) is 4.91. The maximum Gasteiger partial charge on any atom is 0.227 e. The van der Waals surface area contributed by atoms with Crippen molar-refractivity contribution < 1.29 is 9.53 Å². The van der Waals surface area contributed by atoms with Crippen molar-refractivity contribution in [2.24, 2.45) is 0 Å². The minimum atomic E-state index is 0.0695. The highest BCUT2D eigenvalue weighted by Gasteiger charge is 2.34. The molecule has 2 aliphatic heterocycles. The number of rotatable bonds is 4. The fourth-order valence-electron chi connectivity index (χ4n) is 4.11. The first-order valence-corrected chi connectivity index (χ1v) is 9.60. The van der Waals surface area contributed by atoms with E-state index in [2.05, 4.69) is 14.8 Å². The number of hydrogen-bond donors (Lipinski definition) is 0. The highest BCUT2D eigenvalue weighted by molar-refractivity contribution is 5.79. The summed E-state index contributed by atoms with van der Waals surface area (Å²) < 4.78 is 7.46. The number of methoxy groups -OCH3 is 1. The molecule has 6 nitrogen and oxygen atoms in total. The lowest BCUT2D eigenvalue weighted by Crippen LogP contribution is -2.33. The summed E-state index contributed by atoms with van der Waals surface area (Å²) in [6, 6.07) is 7.81. The first kappa shape index (κ1) is 17.1. The van der Waals surface area contributed by atoms with Crippen LogP contribution in [0.5, 0.6) is 5.75 Å².